The van der Waals surface area contributed by atoms with E-state index in [1.165, 1.54) is 4.90 Å². The molecule has 172 valence electrons. The van der Waals surface area contributed by atoms with Crippen LogP contribution in [0, 0.1) is 29.6 Å². The topological polar surface area (TPSA) is 128 Å². The first-order chi connectivity index (χ1) is 15.9. The zero-order valence-corrected chi connectivity index (χ0v) is 19.1. The predicted octanol–water partition coefficient (Wildman–Crippen LogP) is 2.48. The van der Waals surface area contributed by atoms with Crippen LogP contribution in [0.4, 0.5) is 0 Å². The zero-order chi connectivity index (χ0) is 23.0. The van der Waals surface area contributed by atoms with Gasteiger partial charge in [0.15, 0.2) is 0 Å². The average molecular weight is 487 g/mol. The SMILES string of the molecule is O=C(O)CCCN1C(=O)[C@@H]2[C@H]3C[C@@H]([C@@H]2C1=O)[C@H]1[C@@H](c2ccccc2O)c2sc(=O)[nH]c2S[C@H]31. The second-order valence-electron chi connectivity index (χ2n) is 9.34. The van der Waals surface area contributed by atoms with E-state index in [4.69, 9.17) is 5.11 Å². The number of thiazole rings is 1. The van der Waals surface area contributed by atoms with E-state index in [0.717, 1.165) is 33.2 Å². The van der Waals surface area contributed by atoms with E-state index in [1.807, 2.05) is 12.1 Å². The Morgan fingerprint density at radius 1 is 1.12 bits per heavy atom. The number of hydrogen-bond donors (Lipinski definition) is 3. The number of H-pyrrole nitrogens is 1. The number of rotatable bonds is 5. The Labute approximate surface area is 197 Å². The molecular weight excluding hydrogens is 464 g/mol. The number of carbonyl (C=O) groups is 3. The van der Waals surface area contributed by atoms with Gasteiger partial charge in [0, 0.05) is 34.6 Å². The van der Waals surface area contributed by atoms with Gasteiger partial charge >= 0.3 is 10.8 Å². The molecule has 2 aromatic rings. The third-order valence-electron chi connectivity index (χ3n) is 7.86. The van der Waals surface area contributed by atoms with Gasteiger partial charge in [-0.3, -0.25) is 24.1 Å². The third kappa shape index (κ3) is 2.96. The van der Waals surface area contributed by atoms with Crippen molar-refractivity contribution in [2.24, 2.45) is 29.6 Å². The number of benzene rings is 1. The molecule has 1 aromatic carbocycles. The maximum atomic E-state index is 13.3. The van der Waals surface area contributed by atoms with Gasteiger partial charge in [0.05, 0.1) is 16.9 Å². The Hall–Kier alpha value is -2.59. The molecule has 2 saturated carbocycles. The van der Waals surface area contributed by atoms with E-state index in [2.05, 4.69) is 4.98 Å². The number of fused-ring (bicyclic) bond motifs is 9. The third-order valence-corrected chi connectivity index (χ3v) is 10.4. The van der Waals surface area contributed by atoms with Gasteiger partial charge < -0.3 is 15.2 Å². The fourth-order valence-corrected chi connectivity index (χ4v) is 9.67. The first kappa shape index (κ1) is 21.0. The number of amides is 2. The lowest BCUT2D eigenvalue weighted by Gasteiger charge is -2.43. The van der Waals surface area contributed by atoms with Gasteiger partial charge in [-0.15, -0.1) is 11.8 Å². The minimum atomic E-state index is -0.942. The summed E-state index contributed by atoms with van der Waals surface area (Å²) in [5, 5.41) is 20.5. The van der Waals surface area contributed by atoms with Crippen LogP contribution >= 0.6 is 23.1 Å². The molecule has 2 bridgehead atoms. The van der Waals surface area contributed by atoms with Crippen LogP contribution < -0.4 is 4.87 Å². The Bertz CT molecular complexity index is 1240. The highest BCUT2D eigenvalue weighted by atomic mass is 32.2. The molecule has 1 aromatic heterocycles. The highest BCUT2D eigenvalue weighted by Crippen LogP contribution is 2.68. The molecule has 2 aliphatic carbocycles. The molecule has 4 aliphatic rings. The van der Waals surface area contributed by atoms with Crippen molar-refractivity contribution in [2.45, 2.75) is 35.5 Å². The van der Waals surface area contributed by atoms with E-state index in [9.17, 15) is 24.3 Å². The predicted molar refractivity (Wildman–Crippen MR) is 120 cm³/mol. The Morgan fingerprint density at radius 3 is 2.58 bits per heavy atom. The number of para-hydroxylation sites is 1. The number of hydrogen-bond acceptors (Lipinski definition) is 7. The van der Waals surface area contributed by atoms with E-state index in [1.54, 1.807) is 23.9 Å². The van der Waals surface area contributed by atoms with E-state index < -0.39 is 11.9 Å². The van der Waals surface area contributed by atoms with Gasteiger partial charge in [0.2, 0.25) is 11.8 Å². The number of imide groups is 1. The summed E-state index contributed by atoms with van der Waals surface area (Å²) in [6, 6.07) is 7.15. The molecule has 10 heteroatoms. The quantitative estimate of drug-likeness (QED) is 0.554. The van der Waals surface area contributed by atoms with E-state index >= 15 is 0 Å². The summed E-state index contributed by atoms with van der Waals surface area (Å²) in [6.45, 7) is 0.141. The fourth-order valence-electron chi connectivity index (χ4n) is 6.79. The highest BCUT2D eigenvalue weighted by molar-refractivity contribution is 8.00. The van der Waals surface area contributed by atoms with Crippen molar-refractivity contribution in [1.29, 1.82) is 0 Å². The minimum Gasteiger partial charge on any atom is -0.508 e. The van der Waals surface area contributed by atoms with E-state index in [-0.39, 0.29) is 76.7 Å². The fraction of sp³-hybridized carbons (Fsp3) is 0.478. The van der Waals surface area contributed by atoms with Gasteiger partial charge in [-0.25, -0.2) is 0 Å². The van der Waals surface area contributed by atoms with Crippen LogP contribution in [0.15, 0.2) is 34.1 Å². The lowest BCUT2D eigenvalue weighted by atomic mass is 9.68. The summed E-state index contributed by atoms with van der Waals surface area (Å²) in [6.07, 6.45) is 0.951. The maximum absolute atomic E-state index is 13.3. The largest absolute Gasteiger partial charge is 0.508 e. The molecule has 8 nitrogen and oxygen atoms in total. The Balaban J connectivity index is 1.39. The summed E-state index contributed by atoms with van der Waals surface area (Å²) >= 11 is 2.76. The second-order valence-corrected chi connectivity index (χ2v) is 11.5. The molecule has 0 radical (unpaired) electrons. The summed E-state index contributed by atoms with van der Waals surface area (Å²) in [7, 11) is 0. The van der Waals surface area contributed by atoms with Crippen molar-refractivity contribution in [3.63, 3.8) is 0 Å². The summed E-state index contributed by atoms with van der Waals surface area (Å²) in [4.78, 5) is 54.7. The van der Waals surface area contributed by atoms with Crippen LogP contribution in [0.5, 0.6) is 5.75 Å². The molecule has 2 amide bonds. The average Bonchev–Trinajstić information content (AvgIpc) is 3.49. The number of aromatic nitrogens is 1. The zero-order valence-electron chi connectivity index (χ0n) is 17.5. The minimum absolute atomic E-state index is 0.0147. The maximum Gasteiger partial charge on any atom is 0.305 e. The standard InChI is InChI=1S/C23H22N2O6S2/c26-12-5-2-1-4-9(12)14-15-10-8-11(18(15)32-20-19(14)33-23(31)24-20)17-16(10)21(29)25(22(17)30)7-3-6-13(27)28/h1-2,4-5,10-11,14-18,26H,3,6-8H2,(H,24,31)(H,27,28)/t10-,11-,14-,15+,16+,17-,18-/m1/s1. The van der Waals surface area contributed by atoms with Crippen LogP contribution in [-0.4, -0.2) is 49.7 Å². The van der Waals surface area contributed by atoms with Crippen molar-refractivity contribution in [3.05, 3.63) is 44.4 Å². The number of carboxylic acid groups (broad SMARTS) is 1. The van der Waals surface area contributed by atoms with Crippen LogP contribution in [0.25, 0.3) is 0 Å². The number of aromatic amines is 1. The van der Waals surface area contributed by atoms with Gasteiger partial charge in [-0.05, 0) is 36.7 Å². The van der Waals surface area contributed by atoms with Crippen molar-refractivity contribution in [1.82, 2.24) is 9.88 Å². The molecule has 0 spiro atoms. The summed E-state index contributed by atoms with van der Waals surface area (Å²) in [5.74, 6) is -2.10. The van der Waals surface area contributed by atoms with E-state index in [0.29, 0.717) is 0 Å². The number of carbonyl (C=O) groups excluding carboxylic acids is 2. The normalized spacial score (nSPS) is 33.8. The molecule has 0 unspecified atom stereocenters. The van der Waals surface area contributed by atoms with Gasteiger partial charge in [-0.1, -0.05) is 29.5 Å². The lowest BCUT2D eigenvalue weighted by molar-refractivity contribution is -0.142. The number of phenolic OH excluding ortho intramolecular Hbond substituents is 1. The van der Waals surface area contributed by atoms with Crippen molar-refractivity contribution >= 4 is 40.9 Å². The number of thioether (sulfide) groups is 1. The molecule has 3 heterocycles. The molecular formula is C23H22N2O6S2. The molecule has 3 fully saturated rings. The molecule has 33 heavy (non-hydrogen) atoms. The van der Waals surface area contributed by atoms with Crippen molar-refractivity contribution < 1.29 is 24.6 Å². The second kappa shape index (κ2) is 7.46. The van der Waals surface area contributed by atoms with Crippen molar-refractivity contribution in [2.75, 3.05) is 6.54 Å². The lowest BCUT2D eigenvalue weighted by Crippen LogP contribution is -2.42. The summed E-state index contributed by atoms with van der Waals surface area (Å²) < 4.78 is 0. The highest BCUT2D eigenvalue weighted by Gasteiger charge is 2.69. The van der Waals surface area contributed by atoms with Crippen LogP contribution in [0.1, 0.15) is 35.6 Å². The number of phenols is 1. The number of carboxylic acids is 1. The van der Waals surface area contributed by atoms with Gasteiger partial charge in [0.25, 0.3) is 0 Å². The Kier molecular flexibility index (Phi) is 4.74. The monoisotopic (exact) mass is 486 g/mol. The molecule has 6 rings (SSSR count). The Morgan fingerprint density at radius 2 is 1.85 bits per heavy atom. The van der Waals surface area contributed by atoms with Crippen molar-refractivity contribution in [3.8, 4) is 5.75 Å². The number of nitrogens with zero attached hydrogens (tertiary/aromatic N) is 1. The van der Waals surface area contributed by atoms with Gasteiger partial charge in [-0.2, -0.15) is 0 Å². The number of aromatic hydroxyl groups is 1. The smallest absolute Gasteiger partial charge is 0.305 e. The first-order valence-electron chi connectivity index (χ1n) is 11.1. The summed E-state index contributed by atoms with van der Waals surface area (Å²) in [5.41, 5.74) is 0.753. The number of likely N-dealkylation sites (tertiary alicyclic amines) is 1. The first-order valence-corrected chi connectivity index (χ1v) is 12.8. The molecule has 7 atom stereocenters. The number of aliphatic carboxylic acids is 1. The van der Waals surface area contributed by atoms with Gasteiger partial charge in [0.1, 0.15) is 5.75 Å². The molecule has 2 aliphatic heterocycles. The van der Waals surface area contributed by atoms with Crippen LogP contribution in [0.3, 0.4) is 0 Å². The molecule has 1 saturated heterocycles. The molecule has 3 N–H and O–H groups in total. The van der Waals surface area contributed by atoms with Crippen LogP contribution in [0.2, 0.25) is 0 Å². The number of nitrogens with one attached hydrogen (secondary N) is 1. The van der Waals surface area contributed by atoms with Crippen LogP contribution in [-0.2, 0) is 14.4 Å².